The summed E-state index contributed by atoms with van der Waals surface area (Å²) in [6.45, 7) is 4.48. The van der Waals surface area contributed by atoms with Gasteiger partial charge < -0.3 is 19.4 Å². The fraction of sp³-hybridized carbons (Fsp3) is 0.207. The summed E-state index contributed by atoms with van der Waals surface area (Å²) in [4.78, 5) is 30.1. The summed E-state index contributed by atoms with van der Waals surface area (Å²) in [6, 6.07) is 15.9. The van der Waals surface area contributed by atoms with Crippen LogP contribution in [0.25, 0.3) is 6.08 Å². The van der Waals surface area contributed by atoms with Crippen molar-refractivity contribution >= 4 is 40.6 Å². The number of carbonyl (C=O) groups is 2. The van der Waals surface area contributed by atoms with E-state index in [0.29, 0.717) is 22.5 Å². The molecule has 1 N–H and O–H groups in total. The molecular formula is C29H28IN3O4. The third-order valence-electron chi connectivity index (χ3n) is 6.09. The molecule has 190 valence electrons. The molecule has 4 rings (SSSR count). The highest BCUT2D eigenvalue weighted by Crippen LogP contribution is 2.39. The molecule has 0 radical (unpaired) electrons. The second-order valence-electron chi connectivity index (χ2n) is 8.66. The number of carbonyl (C=O) groups excluding carboxylic acids is 2. The molecule has 0 aliphatic carbocycles. The van der Waals surface area contributed by atoms with E-state index in [1.807, 2.05) is 67.1 Å². The Labute approximate surface area is 230 Å². The lowest BCUT2D eigenvalue weighted by Gasteiger charge is -2.30. The topological polar surface area (TPSA) is 82.5 Å². The summed E-state index contributed by atoms with van der Waals surface area (Å²) < 4.78 is 13.7. The standard InChI is InChI=1S/C29H28IN3O4/c1-19-25(28(34)36-3)27(23-7-4-8-24(30)16-23)26(20(2)32-19)29(35)37-15-5-6-21-9-11-22(12-10-21)17-33-14-13-31-18-33/h4-14,16,18,27,32H,15,17H2,1-3H3/b6-5+. The number of hydrogen-bond acceptors (Lipinski definition) is 6. The average Bonchev–Trinajstić information content (AvgIpc) is 3.39. The van der Waals surface area contributed by atoms with Crippen molar-refractivity contribution in [2.24, 2.45) is 0 Å². The molecule has 0 saturated carbocycles. The normalized spacial score (nSPS) is 15.6. The lowest BCUT2D eigenvalue weighted by atomic mass is 9.80. The molecule has 1 atom stereocenters. The van der Waals surface area contributed by atoms with Crippen molar-refractivity contribution < 1.29 is 19.1 Å². The van der Waals surface area contributed by atoms with Crippen molar-refractivity contribution in [3.05, 3.63) is 116 Å². The fourth-order valence-corrected chi connectivity index (χ4v) is 4.94. The van der Waals surface area contributed by atoms with Gasteiger partial charge in [0.15, 0.2) is 0 Å². The third kappa shape index (κ3) is 6.37. The Balaban J connectivity index is 1.47. The van der Waals surface area contributed by atoms with E-state index in [1.54, 1.807) is 18.6 Å². The summed E-state index contributed by atoms with van der Waals surface area (Å²) in [5.74, 6) is -1.56. The number of nitrogens with one attached hydrogen (secondary N) is 1. The fourth-order valence-electron chi connectivity index (χ4n) is 4.38. The van der Waals surface area contributed by atoms with Crippen molar-refractivity contribution in [3.8, 4) is 0 Å². The van der Waals surface area contributed by atoms with Gasteiger partial charge in [-0.2, -0.15) is 0 Å². The molecule has 7 nitrogen and oxygen atoms in total. The van der Waals surface area contributed by atoms with Gasteiger partial charge in [0, 0.05) is 33.9 Å². The first-order valence-electron chi connectivity index (χ1n) is 11.8. The van der Waals surface area contributed by atoms with Crippen LogP contribution in [-0.4, -0.2) is 35.2 Å². The minimum atomic E-state index is -0.595. The van der Waals surface area contributed by atoms with Gasteiger partial charge in [-0.1, -0.05) is 42.5 Å². The minimum Gasteiger partial charge on any atom is -0.466 e. The second kappa shape index (κ2) is 12.1. The molecule has 0 fully saturated rings. The van der Waals surface area contributed by atoms with Crippen molar-refractivity contribution in [1.29, 1.82) is 0 Å². The van der Waals surface area contributed by atoms with Gasteiger partial charge in [-0.3, -0.25) is 0 Å². The Bertz CT molecular complexity index is 1370. The van der Waals surface area contributed by atoms with Crippen LogP contribution in [0.3, 0.4) is 0 Å². The maximum atomic E-state index is 13.3. The molecule has 8 heteroatoms. The molecule has 1 aliphatic heterocycles. The number of aromatic nitrogens is 2. The van der Waals surface area contributed by atoms with Crippen LogP contribution in [-0.2, 0) is 25.6 Å². The lowest BCUT2D eigenvalue weighted by Crippen LogP contribution is -2.32. The highest BCUT2D eigenvalue weighted by molar-refractivity contribution is 14.1. The Morgan fingerprint density at radius 3 is 2.46 bits per heavy atom. The predicted octanol–water partition coefficient (Wildman–Crippen LogP) is 5.20. The summed E-state index contributed by atoms with van der Waals surface area (Å²) in [7, 11) is 1.34. The number of dihydropyridines is 1. The number of esters is 2. The summed E-state index contributed by atoms with van der Waals surface area (Å²) in [6.07, 6.45) is 9.19. The molecule has 1 aliphatic rings. The molecule has 0 bridgehead atoms. The van der Waals surface area contributed by atoms with Crippen LogP contribution in [0.5, 0.6) is 0 Å². The maximum absolute atomic E-state index is 13.3. The molecule has 2 heterocycles. The summed E-state index contributed by atoms with van der Waals surface area (Å²) in [5, 5.41) is 3.16. The van der Waals surface area contributed by atoms with Crippen molar-refractivity contribution in [3.63, 3.8) is 0 Å². The Morgan fingerprint density at radius 2 is 1.81 bits per heavy atom. The van der Waals surface area contributed by atoms with E-state index < -0.39 is 17.9 Å². The number of rotatable bonds is 8. The molecule has 37 heavy (non-hydrogen) atoms. The van der Waals surface area contributed by atoms with E-state index in [-0.39, 0.29) is 6.61 Å². The monoisotopic (exact) mass is 609 g/mol. The maximum Gasteiger partial charge on any atom is 0.337 e. The van der Waals surface area contributed by atoms with Crippen molar-refractivity contribution in [2.75, 3.05) is 13.7 Å². The van der Waals surface area contributed by atoms with Gasteiger partial charge in [-0.15, -0.1) is 0 Å². The van der Waals surface area contributed by atoms with Crippen LogP contribution < -0.4 is 5.32 Å². The largest absolute Gasteiger partial charge is 0.466 e. The van der Waals surface area contributed by atoms with Crippen molar-refractivity contribution in [2.45, 2.75) is 26.3 Å². The zero-order valence-electron chi connectivity index (χ0n) is 20.9. The minimum absolute atomic E-state index is 0.0989. The first-order valence-corrected chi connectivity index (χ1v) is 12.9. The van der Waals surface area contributed by atoms with Gasteiger partial charge in [0.2, 0.25) is 0 Å². The number of imidazole rings is 1. The van der Waals surface area contributed by atoms with E-state index in [9.17, 15) is 9.59 Å². The average molecular weight is 609 g/mol. The Hall–Kier alpha value is -3.66. The number of nitrogens with zero attached hydrogens (tertiary/aromatic N) is 2. The van der Waals surface area contributed by atoms with E-state index >= 15 is 0 Å². The number of methoxy groups -OCH3 is 1. The van der Waals surface area contributed by atoms with E-state index in [4.69, 9.17) is 9.47 Å². The van der Waals surface area contributed by atoms with E-state index in [2.05, 4.69) is 45.0 Å². The van der Waals surface area contributed by atoms with Gasteiger partial charge in [-0.05, 0) is 71.3 Å². The van der Waals surface area contributed by atoms with Crippen LogP contribution >= 0.6 is 22.6 Å². The highest BCUT2D eigenvalue weighted by Gasteiger charge is 2.37. The van der Waals surface area contributed by atoms with Gasteiger partial charge in [0.1, 0.15) is 6.61 Å². The number of ether oxygens (including phenoxy) is 2. The highest BCUT2D eigenvalue weighted by atomic mass is 127. The molecule has 1 aromatic heterocycles. The molecular weight excluding hydrogens is 581 g/mol. The van der Waals surface area contributed by atoms with Gasteiger partial charge in [0.05, 0.1) is 30.5 Å². The van der Waals surface area contributed by atoms with Gasteiger partial charge >= 0.3 is 11.9 Å². The van der Waals surface area contributed by atoms with Crippen LogP contribution in [0.15, 0.2) is 95.9 Å². The molecule has 3 aromatic rings. The smallest absolute Gasteiger partial charge is 0.337 e. The molecule has 1 unspecified atom stereocenters. The number of halogens is 1. The first kappa shape index (κ1) is 26.4. The molecule has 0 spiro atoms. The van der Waals surface area contributed by atoms with Crippen LogP contribution in [0, 0.1) is 3.57 Å². The number of hydrogen-bond donors (Lipinski definition) is 1. The van der Waals surface area contributed by atoms with E-state index in [0.717, 1.165) is 21.2 Å². The molecule has 0 amide bonds. The predicted molar refractivity (Wildman–Crippen MR) is 150 cm³/mol. The first-order chi connectivity index (χ1) is 17.9. The summed E-state index contributed by atoms with van der Waals surface area (Å²) >= 11 is 2.22. The molecule has 2 aromatic carbocycles. The lowest BCUT2D eigenvalue weighted by molar-refractivity contribution is -0.138. The quantitative estimate of drug-likeness (QED) is 0.280. The second-order valence-corrected chi connectivity index (χ2v) is 9.91. The van der Waals surface area contributed by atoms with Gasteiger partial charge in [0.25, 0.3) is 0 Å². The Kier molecular flexibility index (Phi) is 8.60. The number of benzene rings is 2. The van der Waals surface area contributed by atoms with Gasteiger partial charge in [-0.25, -0.2) is 14.6 Å². The van der Waals surface area contributed by atoms with E-state index in [1.165, 1.54) is 12.7 Å². The third-order valence-corrected chi connectivity index (χ3v) is 6.76. The molecule has 0 saturated heterocycles. The number of allylic oxidation sites excluding steroid dienone is 2. The van der Waals surface area contributed by atoms with Crippen molar-refractivity contribution in [1.82, 2.24) is 14.9 Å². The van der Waals surface area contributed by atoms with Crippen LogP contribution in [0.1, 0.15) is 36.5 Å². The zero-order valence-corrected chi connectivity index (χ0v) is 23.1. The zero-order chi connectivity index (χ0) is 26.4. The Morgan fingerprint density at radius 1 is 1.08 bits per heavy atom. The van der Waals surface area contributed by atoms with Crippen LogP contribution in [0.4, 0.5) is 0 Å². The summed E-state index contributed by atoms with van der Waals surface area (Å²) in [5.41, 5.74) is 5.09. The van der Waals surface area contributed by atoms with Crippen LogP contribution in [0.2, 0.25) is 0 Å². The SMILES string of the molecule is COC(=O)C1=C(C)NC(C)=C(C(=O)OC/C=C/c2ccc(Cn3ccnc3)cc2)C1c1cccc(I)c1.